The number of rotatable bonds is 5. The predicted molar refractivity (Wildman–Crippen MR) is 67.6 cm³/mol. The maximum atomic E-state index is 5.49. The molecule has 0 amide bonds. The van der Waals surface area contributed by atoms with Gasteiger partial charge in [0.05, 0.1) is 12.3 Å². The lowest BCUT2D eigenvalue weighted by Gasteiger charge is -2.05. The number of nitrogens with zero attached hydrogens (tertiary/aromatic N) is 1. The molecule has 18 heavy (non-hydrogen) atoms. The molecule has 0 radical (unpaired) electrons. The number of aromatic nitrogens is 1. The van der Waals surface area contributed by atoms with Gasteiger partial charge in [0, 0.05) is 19.0 Å². The van der Waals surface area contributed by atoms with Crippen molar-refractivity contribution in [2.24, 2.45) is 0 Å². The molecule has 0 aliphatic carbocycles. The van der Waals surface area contributed by atoms with Crippen molar-refractivity contribution in [3.63, 3.8) is 0 Å². The molecule has 1 aromatic carbocycles. The highest BCUT2D eigenvalue weighted by atomic mass is 16.5. The molecule has 0 saturated carbocycles. The van der Waals surface area contributed by atoms with Crippen LogP contribution >= 0.6 is 0 Å². The first-order valence-electron chi connectivity index (χ1n) is 6.26. The van der Waals surface area contributed by atoms with Gasteiger partial charge in [-0.05, 0) is 30.2 Å². The van der Waals surface area contributed by atoms with Gasteiger partial charge < -0.3 is 14.6 Å². The Bertz CT molecular complexity index is 509. The molecule has 0 spiro atoms. The number of hydrogen-bond donors (Lipinski definition) is 1. The van der Waals surface area contributed by atoms with Crippen LogP contribution in [0.5, 0.6) is 5.75 Å². The highest BCUT2D eigenvalue weighted by Crippen LogP contribution is 2.25. The summed E-state index contributed by atoms with van der Waals surface area (Å²) < 4.78 is 10.3. The largest absolute Gasteiger partial charge is 0.493 e. The molecular formula is C14H16N2O2. The van der Waals surface area contributed by atoms with Crippen LogP contribution in [-0.4, -0.2) is 18.3 Å². The molecule has 1 aliphatic heterocycles. The third-order valence-electron chi connectivity index (χ3n) is 3.14. The van der Waals surface area contributed by atoms with Crippen molar-refractivity contribution in [3.8, 4) is 5.75 Å². The molecule has 2 heterocycles. The Kier molecular flexibility index (Phi) is 3.28. The van der Waals surface area contributed by atoms with E-state index in [9.17, 15) is 0 Å². The lowest BCUT2D eigenvalue weighted by atomic mass is 10.1. The Labute approximate surface area is 106 Å². The molecule has 94 valence electrons. The van der Waals surface area contributed by atoms with Gasteiger partial charge >= 0.3 is 0 Å². The molecule has 4 nitrogen and oxygen atoms in total. The van der Waals surface area contributed by atoms with Crippen molar-refractivity contribution in [3.05, 3.63) is 47.3 Å². The molecule has 1 aliphatic rings. The second-order valence-corrected chi connectivity index (χ2v) is 4.46. The van der Waals surface area contributed by atoms with Gasteiger partial charge in [-0.1, -0.05) is 17.3 Å². The first-order chi connectivity index (χ1) is 8.92. The number of benzene rings is 1. The van der Waals surface area contributed by atoms with E-state index in [1.807, 2.05) is 6.07 Å². The maximum absolute atomic E-state index is 5.49. The highest BCUT2D eigenvalue weighted by molar-refractivity contribution is 5.39. The summed E-state index contributed by atoms with van der Waals surface area (Å²) in [6.07, 6.45) is 3.65. The summed E-state index contributed by atoms with van der Waals surface area (Å²) in [5.74, 6) is 1.05. The normalized spacial score (nSPS) is 13.3. The molecule has 0 saturated heterocycles. The van der Waals surface area contributed by atoms with Gasteiger partial charge in [-0.15, -0.1) is 0 Å². The quantitative estimate of drug-likeness (QED) is 0.817. The Hall–Kier alpha value is -1.81. The third-order valence-corrected chi connectivity index (χ3v) is 3.14. The van der Waals surface area contributed by atoms with E-state index in [0.717, 1.165) is 44.0 Å². The fourth-order valence-electron chi connectivity index (χ4n) is 2.17. The molecule has 0 unspecified atom stereocenters. The van der Waals surface area contributed by atoms with Gasteiger partial charge in [-0.2, -0.15) is 0 Å². The van der Waals surface area contributed by atoms with Crippen LogP contribution < -0.4 is 10.1 Å². The maximum Gasteiger partial charge on any atom is 0.124 e. The van der Waals surface area contributed by atoms with Gasteiger partial charge in [-0.25, -0.2) is 0 Å². The fraction of sp³-hybridized carbons (Fsp3) is 0.357. The topological polar surface area (TPSA) is 47.3 Å². The van der Waals surface area contributed by atoms with Gasteiger partial charge in [-0.3, -0.25) is 0 Å². The van der Waals surface area contributed by atoms with Gasteiger partial charge in [0.15, 0.2) is 0 Å². The van der Waals surface area contributed by atoms with Gasteiger partial charge in [0.25, 0.3) is 0 Å². The number of hydrogen-bond acceptors (Lipinski definition) is 4. The van der Waals surface area contributed by atoms with Crippen molar-refractivity contribution >= 4 is 0 Å². The average Bonchev–Trinajstić information content (AvgIpc) is 3.05. The zero-order valence-electron chi connectivity index (χ0n) is 10.2. The molecule has 2 aromatic rings. The predicted octanol–water partition coefficient (Wildman–Crippen LogP) is 1.94. The Morgan fingerprint density at radius 3 is 3.17 bits per heavy atom. The van der Waals surface area contributed by atoms with E-state index in [-0.39, 0.29) is 0 Å². The lowest BCUT2D eigenvalue weighted by molar-refractivity contribution is 0.357. The second kappa shape index (κ2) is 5.23. The lowest BCUT2D eigenvalue weighted by Crippen LogP contribution is -2.16. The van der Waals surface area contributed by atoms with Crippen LogP contribution in [0.4, 0.5) is 0 Å². The zero-order valence-corrected chi connectivity index (χ0v) is 10.2. The van der Waals surface area contributed by atoms with Gasteiger partial charge in [0.1, 0.15) is 12.0 Å². The summed E-state index contributed by atoms with van der Waals surface area (Å²) >= 11 is 0. The first kappa shape index (κ1) is 11.3. The van der Waals surface area contributed by atoms with Crippen LogP contribution in [-0.2, 0) is 19.4 Å². The number of nitrogens with one attached hydrogen (secondary N) is 1. The molecule has 0 fully saturated rings. The van der Waals surface area contributed by atoms with Crippen LogP contribution in [0, 0.1) is 0 Å². The standard InChI is InChI=1S/C14H16N2O2/c1-2-14-12(4-7-17-14)9-11(1)3-6-15-10-13-5-8-18-16-13/h1-2,5,8-9,15H,3-4,6-7,10H2. The summed E-state index contributed by atoms with van der Waals surface area (Å²) in [4.78, 5) is 0. The Balaban J connectivity index is 1.48. The average molecular weight is 244 g/mol. The SMILES string of the molecule is c1cc(CNCCc2ccc3c(c2)CCO3)no1. The second-order valence-electron chi connectivity index (χ2n) is 4.46. The third kappa shape index (κ3) is 2.54. The summed E-state index contributed by atoms with van der Waals surface area (Å²) in [6.45, 7) is 2.51. The van der Waals surface area contributed by atoms with Crippen LogP contribution in [0.1, 0.15) is 16.8 Å². The minimum atomic E-state index is 0.755. The first-order valence-corrected chi connectivity index (χ1v) is 6.26. The van der Waals surface area contributed by atoms with Gasteiger partial charge in [0.2, 0.25) is 0 Å². The van der Waals surface area contributed by atoms with E-state index in [1.165, 1.54) is 11.1 Å². The molecule has 0 bridgehead atoms. The molecule has 3 rings (SSSR count). The van der Waals surface area contributed by atoms with Crippen molar-refractivity contribution in [1.82, 2.24) is 10.5 Å². The monoisotopic (exact) mass is 244 g/mol. The van der Waals surface area contributed by atoms with E-state index in [4.69, 9.17) is 9.26 Å². The van der Waals surface area contributed by atoms with E-state index < -0.39 is 0 Å². The van der Waals surface area contributed by atoms with Crippen molar-refractivity contribution in [2.45, 2.75) is 19.4 Å². The fourth-order valence-corrected chi connectivity index (χ4v) is 2.17. The number of fused-ring (bicyclic) bond motifs is 1. The summed E-state index contributed by atoms with van der Waals surface area (Å²) in [6, 6.07) is 8.34. The number of ether oxygens (including phenoxy) is 1. The smallest absolute Gasteiger partial charge is 0.124 e. The molecule has 1 aromatic heterocycles. The molecule has 0 atom stereocenters. The molecular weight excluding hydrogens is 228 g/mol. The van der Waals surface area contributed by atoms with E-state index in [1.54, 1.807) is 6.26 Å². The minimum absolute atomic E-state index is 0.755. The highest BCUT2D eigenvalue weighted by Gasteiger charge is 2.11. The van der Waals surface area contributed by atoms with Crippen molar-refractivity contribution in [2.75, 3.05) is 13.2 Å². The Morgan fingerprint density at radius 2 is 2.28 bits per heavy atom. The van der Waals surface area contributed by atoms with E-state index in [2.05, 4.69) is 28.7 Å². The summed E-state index contributed by atoms with van der Waals surface area (Å²) in [5, 5.41) is 7.20. The Morgan fingerprint density at radius 1 is 1.28 bits per heavy atom. The minimum Gasteiger partial charge on any atom is -0.493 e. The van der Waals surface area contributed by atoms with Crippen LogP contribution in [0.2, 0.25) is 0 Å². The molecule has 4 heteroatoms. The van der Waals surface area contributed by atoms with E-state index >= 15 is 0 Å². The van der Waals surface area contributed by atoms with Crippen LogP contribution in [0.3, 0.4) is 0 Å². The summed E-state index contributed by atoms with van der Waals surface area (Å²) in [5.41, 5.74) is 3.63. The molecule has 1 N–H and O–H groups in total. The summed E-state index contributed by atoms with van der Waals surface area (Å²) in [7, 11) is 0. The van der Waals surface area contributed by atoms with Crippen LogP contribution in [0.15, 0.2) is 35.1 Å². The van der Waals surface area contributed by atoms with Crippen molar-refractivity contribution < 1.29 is 9.26 Å². The van der Waals surface area contributed by atoms with Crippen molar-refractivity contribution in [1.29, 1.82) is 0 Å². The zero-order chi connectivity index (χ0) is 12.2. The van der Waals surface area contributed by atoms with Crippen LogP contribution in [0.25, 0.3) is 0 Å². The van der Waals surface area contributed by atoms with E-state index in [0.29, 0.717) is 0 Å².